The largest absolute Gasteiger partial charge is 0.481 e. The van der Waals surface area contributed by atoms with E-state index < -0.39 is 11.9 Å². The Bertz CT molecular complexity index is 621. The zero-order valence-electron chi connectivity index (χ0n) is 10.9. The number of rotatable bonds is 4. The van der Waals surface area contributed by atoms with Gasteiger partial charge in [0.15, 0.2) is 0 Å². The van der Waals surface area contributed by atoms with Crippen LogP contribution in [-0.2, 0) is 11.2 Å². The predicted octanol–water partition coefficient (Wildman–Crippen LogP) is 4.71. The zero-order valence-corrected chi connectivity index (χ0v) is 12.4. The highest BCUT2D eigenvalue weighted by Crippen LogP contribution is 2.25. The van der Waals surface area contributed by atoms with E-state index in [1.54, 1.807) is 30.3 Å². The quantitative estimate of drug-likeness (QED) is 0.888. The van der Waals surface area contributed by atoms with Crippen LogP contribution in [0.5, 0.6) is 0 Å². The maximum atomic E-state index is 11.5. The van der Waals surface area contributed by atoms with Gasteiger partial charge in [-0.1, -0.05) is 41.4 Å². The molecule has 1 unspecified atom stereocenters. The molecule has 0 bridgehead atoms. The number of carbonyl (C=O) groups is 1. The van der Waals surface area contributed by atoms with Crippen molar-refractivity contribution in [1.29, 1.82) is 0 Å². The van der Waals surface area contributed by atoms with E-state index in [0.29, 0.717) is 16.5 Å². The minimum atomic E-state index is -0.846. The molecule has 0 fully saturated rings. The minimum absolute atomic E-state index is 0.431. The Morgan fingerprint density at radius 1 is 1.10 bits per heavy atom. The number of aliphatic carboxylic acids is 1. The first-order valence-electron chi connectivity index (χ1n) is 6.20. The van der Waals surface area contributed by atoms with Crippen LogP contribution >= 0.6 is 23.2 Å². The van der Waals surface area contributed by atoms with Gasteiger partial charge in [-0.2, -0.15) is 0 Å². The lowest BCUT2D eigenvalue weighted by molar-refractivity contribution is -0.138. The maximum Gasteiger partial charge on any atom is 0.311 e. The van der Waals surface area contributed by atoms with Crippen molar-refractivity contribution in [3.8, 4) is 0 Å². The summed E-state index contributed by atoms with van der Waals surface area (Å²) in [7, 11) is 0. The second-order valence-corrected chi connectivity index (χ2v) is 5.59. The summed E-state index contributed by atoms with van der Waals surface area (Å²) in [6.07, 6.45) is 0.431. The number of hydrogen-bond donors (Lipinski definition) is 1. The molecule has 0 saturated heterocycles. The topological polar surface area (TPSA) is 37.3 Å². The molecule has 0 amide bonds. The Balaban J connectivity index is 2.30. The summed E-state index contributed by atoms with van der Waals surface area (Å²) >= 11 is 11.8. The van der Waals surface area contributed by atoms with Crippen molar-refractivity contribution < 1.29 is 9.90 Å². The fourth-order valence-corrected chi connectivity index (χ4v) is 2.50. The standard InChI is InChI=1S/C16H14Cl2O2/c1-10-8-14(18)7-4-12(10)9-15(16(19)20)11-2-5-13(17)6-3-11/h2-8,15H,9H2,1H3,(H,19,20). The summed E-state index contributed by atoms with van der Waals surface area (Å²) < 4.78 is 0. The highest BCUT2D eigenvalue weighted by molar-refractivity contribution is 6.30. The van der Waals surface area contributed by atoms with Gasteiger partial charge in [0.25, 0.3) is 0 Å². The molecular formula is C16H14Cl2O2. The first-order chi connectivity index (χ1) is 9.47. The number of benzene rings is 2. The van der Waals surface area contributed by atoms with Gasteiger partial charge in [0.1, 0.15) is 0 Å². The fraction of sp³-hybridized carbons (Fsp3) is 0.188. The molecule has 4 heteroatoms. The third-order valence-corrected chi connectivity index (χ3v) is 3.79. The van der Waals surface area contributed by atoms with Crippen molar-refractivity contribution >= 4 is 29.2 Å². The Kier molecular flexibility index (Phi) is 4.69. The molecule has 20 heavy (non-hydrogen) atoms. The van der Waals surface area contributed by atoms with Gasteiger partial charge < -0.3 is 5.11 Å². The van der Waals surface area contributed by atoms with E-state index in [0.717, 1.165) is 16.7 Å². The second kappa shape index (κ2) is 6.29. The lowest BCUT2D eigenvalue weighted by Crippen LogP contribution is -2.15. The number of halogens is 2. The third kappa shape index (κ3) is 3.53. The van der Waals surface area contributed by atoms with Crippen LogP contribution in [0.3, 0.4) is 0 Å². The van der Waals surface area contributed by atoms with Gasteiger partial charge in [-0.15, -0.1) is 0 Å². The maximum absolute atomic E-state index is 11.5. The fourth-order valence-electron chi connectivity index (χ4n) is 2.15. The molecule has 1 atom stereocenters. The van der Waals surface area contributed by atoms with Gasteiger partial charge >= 0.3 is 5.97 Å². The summed E-state index contributed by atoms with van der Waals surface area (Å²) in [6, 6.07) is 12.4. The Labute approximate surface area is 128 Å². The van der Waals surface area contributed by atoms with Crippen molar-refractivity contribution in [3.05, 3.63) is 69.2 Å². The van der Waals surface area contributed by atoms with E-state index in [2.05, 4.69) is 0 Å². The predicted molar refractivity (Wildman–Crippen MR) is 81.7 cm³/mol. The molecule has 0 aromatic heterocycles. The van der Waals surface area contributed by atoms with Gasteiger partial charge in [-0.3, -0.25) is 4.79 Å². The van der Waals surface area contributed by atoms with Crippen LogP contribution in [0.4, 0.5) is 0 Å². The average Bonchev–Trinajstić information content (AvgIpc) is 2.39. The van der Waals surface area contributed by atoms with E-state index in [1.165, 1.54) is 0 Å². The normalized spacial score (nSPS) is 12.2. The first-order valence-corrected chi connectivity index (χ1v) is 6.96. The Morgan fingerprint density at radius 3 is 2.25 bits per heavy atom. The molecule has 0 radical (unpaired) electrons. The number of aryl methyl sites for hydroxylation is 1. The molecule has 0 spiro atoms. The van der Waals surface area contributed by atoms with Crippen molar-refractivity contribution in [2.24, 2.45) is 0 Å². The molecule has 1 N–H and O–H groups in total. The van der Waals surface area contributed by atoms with Gasteiger partial charge in [-0.25, -0.2) is 0 Å². The zero-order chi connectivity index (χ0) is 14.7. The highest BCUT2D eigenvalue weighted by atomic mass is 35.5. The van der Waals surface area contributed by atoms with E-state index >= 15 is 0 Å². The summed E-state index contributed by atoms with van der Waals surface area (Å²) in [5, 5.41) is 10.7. The van der Waals surface area contributed by atoms with Crippen LogP contribution in [0.2, 0.25) is 10.0 Å². The average molecular weight is 309 g/mol. The van der Waals surface area contributed by atoms with E-state index in [-0.39, 0.29) is 0 Å². The first kappa shape index (κ1) is 14.9. The Morgan fingerprint density at radius 2 is 1.70 bits per heavy atom. The van der Waals surface area contributed by atoms with Crippen molar-refractivity contribution in [3.63, 3.8) is 0 Å². The number of hydrogen-bond acceptors (Lipinski definition) is 1. The van der Waals surface area contributed by atoms with Gasteiger partial charge in [-0.05, 0) is 54.3 Å². The third-order valence-electron chi connectivity index (χ3n) is 3.30. The van der Waals surface area contributed by atoms with Gasteiger partial charge in [0.05, 0.1) is 5.92 Å². The van der Waals surface area contributed by atoms with Crippen LogP contribution in [-0.4, -0.2) is 11.1 Å². The molecule has 0 aliphatic carbocycles. The minimum Gasteiger partial charge on any atom is -0.481 e. The SMILES string of the molecule is Cc1cc(Cl)ccc1CC(C(=O)O)c1ccc(Cl)cc1. The summed E-state index contributed by atoms with van der Waals surface area (Å²) in [5.74, 6) is -1.44. The lowest BCUT2D eigenvalue weighted by atomic mass is 9.90. The van der Waals surface area contributed by atoms with E-state index in [4.69, 9.17) is 23.2 Å². The van der Waals surface area contributed by atoms with Crippen molar-refractivity contribution in [1.82, 2.24) is 0 Å². The molecule has 2 nitrogen and oxygen atoms in total. The number of carboxylic acid groups (broad SMARTS) is 1. The van der Waals surface area contributed by atoms with Crippen LogP contribution in [0, 0.1) is 6.92 Å². The molecule has 104 valence electrons. The monoisotopic (exact) mass is 308 g/mol. The molecule has 0 heterocycles. The van der Waals surface area contributed by atoms with Crippen molar-refractivity contribution in [2.45, 2.75) is 19.3 Å². The van der Waals surface area contributed by atoms with Gasteiger partial charge in [0, 0.05) is 10.0 Å². The van der Waals surface area contributed by atoms with Crippen LogP contribution in [0.15, 0.2) is 42.5 Å². The summed E-state index contributed by atoms with van der Waals surface area (Å²) in [4.78, 5) is 11.5. The molecule has 2 aromatic rings. The Hall–Kier alpha value is -1.51. The molecule has 0 saturated carbocycles. The van der Waals surface area contributed by atoms with E-state index in [9.17, 15) is 9.90 Å². The molecule has 0 aliphatic heterocycles. The molecule has 0 aliphatic rings. The van der Waals surface area contributed by atoms with Crippen LogP contribution < -0.4 is 0 Å². The summed E-state index contributed by atoms with van der Waals surface area (Å²) in [6.45, 7) is 1.93. The van der Waals surface area contributed by atoms with E-state index in [1.807, 2.05) is 19.1 Å². The van der Waals surface area contributed by atoms with Crippen molar-refractivity contribution in [2.75, 3.05) is 0 Å². The number of carboxylic acids is 1. The molecular weight excluding hydrogens is 295 g/mol. The summed E-state index contributed by atoms with van der Waals surface area (Å²) in [5.41, 5.74) is 2.73. The molecule has 2 aromatic carbocycles. The van der Waals surface area contributed by atoms with Gasteiger partial charge in [0.2, 0.25) is 0 Å². The van der Waals surface area contributed by atoms with Crippen LogP contribution in [0.25, 0.3) is 0 Å². The highest BCUT2D eigenvalue weighted by Gasteiger charge is 2.21. The van der Waals surface area contributed by atoms with Crippen LogP contribution in [0.1, 0.15) is 22.6 Å². The lowest BCUT2D eigenvalue weighted by Gasteiger charge is -2.15. The molecule has 2 rings (SSSR count). The second-order valence-electron chi connectivity index (χ2n) is 4.72. The smallest absolute Gasteiger partial charge is 0.311 e.